The quantitative estimate of drug-likeness (QED) is 0.667. The minimum atomic E-state index is 0.547. The molecule has 0 bridgehead atoms. The second-order valence-corrected chi connectivity index (χ2v) is 5.16. The Labute approximate surface area is 75.9 Å². The van der Waals surface area contributed by atoms with E-state index in [4.69, 9.17) is 0 Å². The molecule has 0 heterocycles. The SMILES string of the molecule is CC1CCC(NC2(C)CC2)CC1. The zero-order chi connectivity index (χ0) is 8.60. The van der Waals surface area contributed by atoms with Gasteiger partial charge in [0.05, 0.1) is 0 Å². The van der Waals surface area contributed by atoms with E-state index in [1.165, 1.54) is 38.5 Å². The lowest BCUT2D eigenvalue weighted by Gasteiger charge is -2.29. The predicted octanol–water partition coefficient (Wildman–Crippen LogP) is 2.71. The van der Waals surface area contributed by atoms with Crippen molar-refractivity contribution in [3.63, 3.8) is 0 Å². The summed E-state index contributed by atoms with van der Waals surface area (Å²) < 4.78 is 0. The van der Waals surface area contributed by atoms with Gasteiger partial charge in [0.15, 0.2) is 0 Å². The molecule has 0 radical (unpaired) electrons. The fraction of sp³-hybridized carbons (Fsp3) is 1.00. The molecular weight excluding hydrogens is 146 g/mol. The molecule has 12 heavy (non-hydrogen) atoms. The summed E-state index contributed by atoms with van der Waals surface area (Å²) >= 11 is 0. The van der Waals surface area contributed by atoms with Crippen molar-refractivity contribution in [2.24, 2.45) is 5.92 Å². The number of nitrogens with one attached hydrogen (secondary N) is 1. The first-order chi connectivity index (χ1) is 5.68. The lowest BCUT2D eigenvalue weighted by Crippen LogP contribution is -2.40. The van der Waals surface area contributed by atoms with Gasteiger partial charge in [-0.2, -0.15) is 0 Å². The van der Waals surface area contributed by atoms with E-state index < -0.39 is 0 Å². The van der Waals surface area contributed by atoms with Crippen LogP contribution in [0.1, 0.15) is 52.4 Å². The van der Waals surface area contributed by atoms with Crippen molar-refractivity contribution in [2.45, 2.75) is 64.0 Å². The van der Waals surface area contributed by atoms with E-state index in [1.807, 2.05) is 0 Å². The molecule has 0 aromatic heterocycles. The van der Waals surface area contributed by atoms with E-state index in [2.05, 4.69) is 19.2 Å². The van der Waals surface area contributed by atoms with Gasteiger partial charge in [-0.1, -0.05) is 6.92 Å². The predicted molar refractivity (Wildman–Crippen MR) is 52.2 cm³/mol. The highest BCUT2D eigenvalue weighted by Crippen LogP contribution is 2.36. The molecule has 2 saturated carbocycles. The highest BCUT2D eigenvalue weighted by Gasteiger charge is 2.38. The third-order valence-corrected chi connectivity index (χ3v) is 3.57. The van der Waals surface area contributed by atoms with Gasteiger partial charge in [0.25, 0.3) is 0 Å². The molecule has 1 N–H and O–H groups in total. The molecular formula is C11H21N. The molecule has 0 saturated heterocycles. The molecule has 1 nitrogen and oxygen atoms in total. The maximum atomic E-state index is 3.79. The number of rotatable bonds is 2. The van der Waals surface area contributed by atoms with Crippen molar-refractivity contribution < 1.29 is 0 Å². The Morgan fingerprint density at radius 2 is 1.67 bits per heavy atom. The minimum Gasteiger partial charge on any atom is -0.309 e. The fourth-order valence-electron chi connectivity index (χ4n) is 2.23. The average Bonchev–Trinajstić information content (AvgIpc) is 2.74. The first-order valence-electron chi connectivity index (χ1n) is 5.46. The number of hydrogen-bond acceptors (Lipinski definition) is 1. The Morgan fingerprint density at radius 3 is 2.17 bits per heavy atom. The van der Waals surface area contributed by atoms with Crippen LogP contribution in [-0.4, -0.2) is 11.6 Å². The monoisotopic (exact) mass is 167 g/mol. The van der Waals surface area contributed by atoms with Gasteiger partial charge in [0.1, 0.15) is 0 Å². The first kappa shape index (κ1) is 8.55. The van der Waals surface area contributed by atoms with Crippen molar-refractivity contribution in [1.29, 1.82) is 0 Å². The molecule has 0 aromatic rings. The van der Waals surface area contributed by atoms with Crippen molar-refractivity contribution >= 4 is 0 Å². The average molecular weight is 167 g/mol. The molecule has 0 unspecified atom stereocenters. The number of hydrogen-bond donors (Lipinski definition) is 1. The van der Waals surface area contributed by atoms with E-state index in [0.29, 0.717) is 5.54 Å². The standard InChI is InChI=1S/C11H21N/c1-9-3-5-10(6-4-9)12-11(2)7-8-11/h9-10,12H,3-8H2,1-2H3. The van der Waals surface area contributed by atoms with Gasteiger partial charge < -0.3 is 5.32 Å². The third kappa shape index (κ3) is 2.01. The maximum absolute atomic E-state index is 3.79. The van der Waals surface area contributed by atoms with Crippen molar-refractivity contribution in [2.75, 3.05) is 0 Å². The molecule has 0 aliphatic heterocycles. The second-order valence-electron chi connectivity index (χ2n) is 5.16. The van der Waals surface area contributed by atoms with E-state index in [0.717, 1.165) is 12.0 Å². The summed E-state index contributed by atoms with van der Waals surface area (Å²) in [7, 11) is 0. The summed E-state index contributed by atoms with van der Waals surface area (Å²) in [4.78, 5) is 0. The first-order valence-corrected chi connectivity index (χ1v) is 5.46. The van der Waals surface area contributed by atoms with Crippen LogP contribution in [0.4, 0.5) is 0 Å². The molecule has 0 amide bonds. The van der Waals surface area contributed by atoms with E-state index in [9.17, 15) is 0 Å². The Morgan fingerprint density at radius 1 is 1.08 bits per heavy atom. The summed E-state index contributed by atoms with van der Waals surface area (Å²) in [5, 5.41) is 3.79. The molecule has 2 aliphatic rings. The second kappa shape index (κ2) is 3.02. The summed E-state index contributed by atoms with van der Waals surface area (Å²) in [5.41, 5.74) is 0.547. The normalized spacial score (nSPS) is 39.5. The van der Waals surface area contributed by atoms with Gasteiger partial charge in [-0.25, -0.2) is 0 Å². The van der Waals surface area contributed by atoms with E-state index >= 15 is 0 Å². The summed E-state index contributed by atoms with van der Waals surface area (Å²) in [6.45, 7) is 4.75. The minimum absolute atomic E-state index is 0.547. The van der Waals surface area contributed by atoms with Gasteiger partial charge >= 0.3 is 0 Å². The Balaban J connectivity index is 1.75. The van der Waals surface area contributed by atoms with Crippen LogP contribution in [0, 0.1) is 5.92 Å². The van der Waals surface area contributed by atoms with Crippen LogP contribution in [0.15, 0.2) is 0 Å². The van der Waals surface area contributed by atoms with Crippen LogP contribution in [0.3, 0.4) is 0 Å². The van der Waals surface area contributed by atoms with Gasteiger partial charge in [-0.05, 0) is 51.4 Å². The van der Waals surface area contributed by atoms with Crippen LogP contribution in [0.5, 0.6) is 0 Å². The molecule has 0 spiro atoms. The molecule has 0 aromatic carbocycles. The largest absolute Gasteiger partial charge is 0.309 e. The van der Waals surface area contributed by atoms with Crippen LogP contribution < -0.4 is 5.32 Å². The summed E-state index contributed by atoms with van der Waals surface area (Å²) in [5.74, 6) is 0.982. The van der Waals surface area contributed by atoms with Gasteiger partial charge in [0, 0.05) is 11.6 Å². The van der Waals surface area contributed by atoms with Crippen LogP contribution >= 0.6 is 0 Å². The van der Waals surface area contributed by atoms with Gasteiger partial charge in [0.2, 0.25) is 0 Å². The maximum Gasteiger partial charge on any atom is 0.0157 e. The van der Waals surface area contributed by atoms with E-state index in [-0.39, 0.29) is 0 Å². The topological polar surface area (TPSA) is 12.0 Å². The summed E-state index contributed by atoms with van der Waals surface area (Å²) in [6, 6.07) is 0.841. The highest BCUT2D eigenvalue weighted by molar-refractivity contribution is 4.99. The third-order valence-electron chi connectivity index (χ3n) is 3.57. The zero-order valence-electron chi connectivity index (χ0n) is 8.40. The van der Waals surface area contributed by atoms with Crippen molar-refractivity contribution in [3.05, 3.63) is 0 Å². The van der Waals surface area contributed by atoms with Gasteiger partial charge in [-0.15, -0.1) is 0 Å². The molecule has 0 atom stereocenters. The summed E-state index contributed by atoms with van der Waals surface area (Å²) in [6.07, 6.45) is 8.51. The fourth-order valence-corrected chi connectivity index (χ4v) is 2.23. The van der Waals surface area contributed by atoms with Crippen molar-refractivity contribution in [3.8, 4) is 0 Å². The molecule has 2 rings (SSSR count). The van der Waals surface area contributed by atoms with Gasteiger partial charge in [-0.3, -0.25) is 0 Å². The van der Waals surface area contributed by atoms with Crippen molar-refractivity contribution in [1.82, 2.24) is 5.32 Å². The smallest absolute Gasteiger partial charge is 0.0157 e. The molecule has 2 aliphatic carbocycles. The Kier molecular flexibility index (Phi) is 2.16. The Hall–Kier alpha value is -0.0400. The highest BCUT2D eigenvalue weighted by atomic mass is 15.0. The molecule has 1 heteroatoms. The molecule has 2 fully saturated rings. The van der Waals surface area contributed by atoms with E-state index in [1.54, 1.807) is 0 Å². The Bertz CT molecular complexity index is 152. The zero-order valence-corrected chi connectivity index (χ0v) is 8.40. The van der Waals surface area contributed by atoms with Crippen LogP contribution in [0.25, 0.3) is 0 Å². The van der Waals surface area contributed by atoms with Crippen LogP contribution in [-0.2, 0) is 0 Å². The van der Waals surface area contributed by atoms with Crippen LogP contribution in [0.2, 0.25) is 0 Å². The lowest BCUT2D eigenvalue weighted by molar-refractivity contribution is 0.285. The lowest BCUT2D eigenvalue weighted by atomic mass is 9.87. The molecule has 70 valence electrons.